The normalized spacial score (nSPS) is 21.2. The molecule has 1 heterocycles. The van der Waals surface area contributed by atoms with Gasteiger partial charge in [-0.25, -0.2) is 8.42 Å². The zero-order valence-corrected chi connectivity index (χ0v) is 11.2. The quantitative estimate of drug-likeness (QED) is 0.683. The van der Waals surface area contributed by atoms with E-state index < -0.39 is 15.7 Å². The van der Waals surface area contributed by atoms with Crippen molar-refractivity contribution in [1.82, 2.24) is 0 Å². The number of sulfone groups is 1. The van der Waals surface area contributed by atoms with Crippen LogP contribution in [0.5, 0.6) is 0 Å². The summed E-state index contributed by atoms with van der Waals surface area (Å²) >= 11 is 0. The lowest BCUT2D eigenvalue weighted by molar-refractivity contribution is 0.100. The molecule has 104 valence electrons. The van der Waals surface area contributed by atoms with Crippen molar-refractivity contribution in [2.45, 2.75) is 6.42 Å². The standard InChI is InChI=1S/C12H17N3O3S/c13-10-2-1-9(12(14)16)5-11(10)15-6-8-3-4-19(17,18)7-8/h1-2,5,8,15H,3-4,6-7,13H2,(H2,14,16). The second-order valence-electron chi connectivity index (χ2n) is 4.82. The molecule has 1 amide bonds. The molecule has 1 aromatic carbocycles. The number of carbonyl (C=O) groups is 1. The van der Waals surface area contributed by atoms with Crippen molar-refractivity contribution in [3.8, 4) is 0 Å². The zero-order valence-electron chi connectivity index (χ0n) is 10.4. The van der Waals surface area contributed by atoms with Gasteiger partial charge in [-0.15, -0.1) is 0 Å². The van der Waals surface area contributed by atoms with Gasteiger partial charge in [0, 0.05) is 12.1 Å². The van der Waals surface area contributed by atoms with Crippen LogP contribution in [-0.2, 0) is 9.84 Å². The van der Waals surface area contributed by atoms with Gasteiger partial charge in [-0.05, 0) is 30.5 Å². The Hall–Kier alpha value is -1.76. The first-order chi connectivity index (χ1) is 8.87. The summed E-state index contributed by atoms with van der Waals surface area (Å²) in [6, 6.07) is 4.75. The molecule has 0 aromatic heterocycles. The van der Waals surface area contributed by atoms with E-state index in [0.29, 0.717) is 29.9 Å². The number of hydrogen-bond acceptors (Lipinski definition) is 5. The van der Waals surface area contributed by atoms with Crippen LogP contribution in [0, 0.1) is 5.92 Å². The summed E-state index contributed by atoms with van der Waals surface area (Å²) in [6.07, 6.45) is 0.657. The molecule has 1 aromatic rings. The number of benzene rings is 1. The van der Waals surface area contributed by atoms with Gasteiger partial charge in [-0.3, -0.25) is 4.79 Å². The molecule has 0 aliphatic carbocycles. The lowest BCUT2D eigenvalue weighted by Crippen LogP contribution is -2.17. The molecule has 1 atom stereocenters. The van der Waals surface area contributed by atoms with Gasteiger partial charge >= 0.3 is 0 Å². The number of anilines is 2. The fraction of sp³-hybridized carbons (Fsp3) is 0.417. The summed E-state index contributed by atoms with van der Waals surface area (Å²) in [4.78, 5) is 11.1. The number of nitrogens with one attached hydrogen (secondary N) is 1. The molecule has 1 saturated heterocycles. The fourth-order valence-corrected chi connectivity index (χ4v) is 4.01. The van der Waals surface area contributed by atoms with E-state index >= 15 is 0 Å². The van der Waals surface area contributed by atoms with E-state index in [1.807, 2.05) is 0 Å². The molecule has 1 aliphatic rings. The Morgan fingerprint density at radius 2 is 2.16 bits per heavy atom. The lowest BCUT2D eigenvalue weighted by atomic mass is 10.1. The minimum absolute atomic E-state index is 0.0848. The monoisotopic (exact) mass is 283 g/mol. The van der Waals surface area contributed by atoms with Crippen LogP contribution < -0.4 is 16.8 Å². The highest BCUT2D eigenvalue weighted by Gasteiger charge is 2.27. The number of primary amides is 1. The lowest BCUT2D eigenvalue weighted by Gasteiger charge is -2.13. The maximum absolute atomic E-state index is 11.3. The van der Waals surface area contributed by atoms with Crippen LogP contribution in [0.4, 0.5) is 11.4 Å². The number of amides is 1. The molecule has 19 heavy (non-hydrogen) atoms. The summed E-state index contributed by atoms with van der Waals surface area (Å²) in [5.74, 6) is 0.0131. The third-order valence-corrected chi connectivity index (χ3v) is 5.08. The molecule has 1 unspecified atom stereocenters. The Morgan fingerprint density at radius 3 is 2.74 bits per heavy atom. The fourth-order valence-electron chi connectivity index (χ4n) is 2.15. The Labute approximate surface area is 112 Å². The van der Waals surface area contributed by atoms with E-state index in [1.165, 1.54) is 0 Å². The van der Waals surface area contributed by atoms with Gasteiger partial charge in [-0.2, -0.15) is 0 Å². The number of carbonyl (C=O) groups excluding carboxylic acids is 1. The zero-order chi connectivity index (χ0) is 14.0. The largest absolute Gasteiger partial charge is 0.397 e. The molecule has 5 N–H and O–H groups in total. The molecule has 0 bridgehead atoms. The van der Waals surface area contributed by atoms with Crippen molar-refractivity contribution in [3.05, 3.63) is 23.8 Å². The van der Waals surface area contributed by atoms with Crippen molar-refractivity contribution in [3.63, 3.8) is 0 Å². The first-order valence-electron chi connectivity index (χ1n) is 6.01. The third kappa shape index (κ3) is 3.37. The first kappa shape index (κ1) is 13.7. The Bertz CT molecular complexity index is 598. The maximum atomic E-state index is 11.3. The van der Waals surface area contributed by atoms with Crippen molar-refractivity contribution < 1.29 is 13.2 Å². The van der Waals surface area contributed by atoms with E-state index in [9.17, 15) is 13.2 Å². The van der Waals surface area contributed by atoms with Gasteiger partial charge in [0.25, 0.3) is 0 Å². The van der Waals surface area contributed by atoms with Gasteiger partial charge in [0.05, 0.1) is 22.9 Å². The number of hydrogen-bond donors (Lipinski definition) is 3. The number of nitrogen functional groups attached to an aromatic ring is 1. The number of nitrogens with two attached hydrogens (primary N) is 2. The maximum Gasteiger partial charge on any atom is 0.248 e. The van der Waals surface area contributed by atoms with Crippen LogP contribution in [0.15, 0.2) is 18.2 Å². The summed E-state index contributed by atoms with van der Waals surface area (Å²) in [5.41, 5.74) is 12.5. The highest BCUT2D eigenvalue weighted by atomic mass is 32.2. The summed E-state index contributed by atoms with van der Waals surface area (Å²) in [5, 5.41) is 3.09. The smallest absolute Gasteiger partial charge is 0.248 e. The van der Waals surface area contributed by atoms with Gasteiger partial charge in [0.15, 0.2) is 9.84 Å². The molecule has 1 aliphatic heterocycles. The second kappa shape index (κ2) is 5.08. The molecular weight excluding hydrogens is 266 g/mol. The molecule has 0 spiro atoms. The highest BCUT2D eigenvalue weighted by molar-refractivity contribution is 7.91. The first-order valence-corrected chi connectivity index (χ1v) is 7.83. The Kier molecular flexibility index (Phi) is 3.66. The Balaban J connectivity index is 2.03. The minimum Gasteiger partial charge on any atom is -0.397 e. The Morgan fingerprint density at radius 1 is 1.42 bits per heavy atom. The summed E-state index contributed by atoms with van der Waals surface area (Å²) in [7, 11) is -2.88. The average molecular weight is 283 g/mol. The van der Waals surface area contributed by atoms with Gasteiger partial charge in [0.1, 0.15) is 0 Å². The summed E-state index contributed by atoms with van der Waals surface area (Å²) in [6.45, 7) is 0.519. The van der Waals surface area contributed by atoms with Crippen LogP contribution in [0.1, 0.15) is 16.8 Å². The summed E-state index contributed by atoms with van der Waals surface area (Å²) < 4.78 is 22.7. The van der Waals surface area contributed by atoms with Crippen LogP contribution in [0.25, 0.3) is 0 Å². The van der Waals surface area contributed by atoms with Crippen LogP contribution in [0.3, 0.4) is 0 Å². The molecule has 0 radical (unpaired) electrons. The van der Waals surface area contributed by atoms with Gasteiger partial charge < -0.3 is 16.8 Å². The van der Waals surface area contributed by atoms with Gasteiger partial charge in [-0.1, -0.05) is 0 Å². The van der Waals surface area contributed by atoms with Crippen molar-refractivity contribution in [1.29, 1.82) is 0 Å². The van der Waals surface area contributed by atoms with Crippen molar-refractivity contribution >= 4 is 27.1 Å². The van der Waals surface area contributed by atoms with Crippen molar-refractivity contribution in [2.24, 2.45) is 11.7 Å². The molecule has 2 rings (SSSR count). The van der Waals surface area contributed by atoms with E-state index in [-0.39, 0.29) is 17.4 Å². The average Bonchev–Trinajstić information content (AvgIpc) is 2.67. The SMILES string of the molecule is NC(=O)c1ccc(N)c(NCC2CCS(=O)(=O)C2)c1. The molecule has 6 nitrogen and oxygen atoms in total. The highest BCUT2D eigenvalue weighted by Crippen LogP contribution is 2.23. The van der Waals surface area contributed by atoms with E-state index in [4.69, 9.17) is 11.5 Å². The van der Waals surface area contributed by atoms with Crippen molar-refractivity contribution in [2.75, 3.05) is 29.1 Å². The van der Waals surface area contributed by atoms with E-state index in [1.54, 1.807) is 18.2 Å². The predicted octanol–water partition coefficient (Wildman–Crippen LogP) is 0.214. The molecule has 1 fully saturated rings. The molecule has 7 heteroatoms. The van der Waals surface area contributed by atoms with E-state index in [2.05, 4.69) is 5.32 Å². The van der Waals surface area contributed by atoms with Gasteiger partial charge in [0.2, 0.25) is 5.91 Å². The predicted molar refractivity (Wildman–Crippen MR) is 74.6 cm³/mol. The third-order valence-electron chi connectivity index (χ3n) is 3.25. The second-order valence-corrected chi connectivity index (χ2v) is 7.04. The van der Waals surface area contributed by atoms with Crippen LogP contribution in [-0.4, -0.2) is 32.4 Å². The van der Waals surface area contributed by atoms with E-state index in [0.717, 1.165) is 0 Å². The minimum atomic E-state index is -2.88. The molecule has 0 saturated carbocycles. The molecular formula is C12H17N3O3S. The van der Waals surface area contributed by atoms with Crippen LogP contribution >= 0.6 is 0 Å². The topological polar surface area (TPSA) is 115 Å². The van der Waals surface area contributed by atoms with Crippen LogP contribution in [0.2, 0.25) is 0 Å². The number of rotatable bonds is 4.